The molecule has 19 aromatic rings. The monoisotopic (exact) mass is 1470 g/mol. The molecule has 0 fully saturated rings. The van der Waals surface area contributed by atoms with Crippen molar-refractivity contribution >= 4 is 21.8 Å². The Morgan fingerprint density at radius 3 is 0.784 bits per heavy atom. The van der Waals surface area contributed by atoms with Gasteiger partial charge in [0.05, 0.1) is 77.1 Å². The van der Waals surface area contributed by atoms with E-state index in [-0.39, 0.29) is 34.0 Å². The second kappa shape index (κ2) is 30.7. The molecule has 0 saturated carbocycles. The average molecular weight is 1470 g/mol. The van der Waals surface area contributed by atoms with E-state index in [1.807, 2.05) is 41.0 Å². The van der Waals surface area contributed by atoms with Crippen molar-refractivity contribution in [3.05, 3.63) is 392 Å². The Morgan fingerprint density at radius 2 is 0.468 bits per heavy atom. The van der Waals surface area contributed by atoms with Gasteiger partial charge in [0.1, 0.15) is 5.82 Å². The Morgan fingerprint density at radius 1 is 0.225 bits per heavy atom. The van der Waals surface area contributed by atoms with E-state index in [4.69, 9.17) is 64.8 Å². The molecule has 1 aliphatic carbocycles. The number of nitrogens with zero attached hydrogens (tertiary/aromatic N) is 13. The molecule has 20 rings (SSSR count). The number of rotatable bonds is 13. The number of benzene rings is 14. The fourth-order valence-corrected chi connectivity index (χ4v) is 11.9. The van der Waals surface area contributed by atoms with Crippen molar-refractivity contribution in [2.45, 2.75) is 6.42 Å². The molecule has 0 bridgehead atoms. The zero-order valence-electron chi connectivity index (χ0n) is 96.6. The molecule has 0 spiro atoms. The van der Waals surface area contributed by atoms with Gasteiger partial charge < -0.3 is 4.57 Å². The number of fused-ring (bicyclic) bond motifs is 6. The molecule has 0 aliphatic heterocycles. The third kappa shape index (κ3) is 14.3. The lowest BCUT2D eigenvalue weighted by molar-refractivity contribution is 0.630. The van der Waals surface area contributed by atoms with Crippen LogP contribution in [0.3, 0.4) is 0 Å². The van der Waals surface area contributed by atoms with Crippen molar-refractivity contribution in [3.63, 3.8) is 0 Å². The molecular formula is C97H64FN13. The van der Waals surface area contributed by atoms with E-state index in [1.165, 1.54) is 34.4 Å². The summed E-state index contributed by atoms with van der Waals surface area (Å²) < 4.78 is 356. The van der Waals surface area contributed by atoms with Crippen LogP contribution in [-0.2, 0) is 6.42 Å². The van der Waals surface area contributed by atoms with Gasteiger partial charge in [0, 0.05) is 72.0 Å². The minimum Gasteiger partial charge on any atom is -0.309 e. The first-order chi connectivity index (χ1) is 71.5. The average Bonchev–Trinajstić information content (AvgIpc) is 1.69. The normalized spacial score (nSPS) is 16.3. The Hall–Kier alpha value is -15.2. The summed E-state index contributed by atoms with van der Waals surface area (Å²) in [6, 6.07) is 8.71. The lowest BCUT2D eigenvalue weighted by atomic mass is 10.1. The van der Waals surface area contributed by atoms with Gasteiger partial charge in [-0.3, -0.25) is 0 Å². The zero-order valence-corrected chi connectivity index (χ0v) is 56.6. The highest BCUT2D eigenvalue weighted by molar-refractivity contribution is 6.10. The van der Waals surface area contributed by atoms with Crippen LogP contribution in [0.15, 0.2) is 375 Å². The molecule has 111 heavy (non-hydrogen) atoms. The molecule has 0 atom stereocenters. The highest BCUT2D eigenvalue weighted by atomic mass is 19.1. The Balaban J connectivity index is 0.000000177. The van der Waals surface area contributed by atoms with Gasteiger partial charge in [-0.05, 0) is 77.2 Å². The molecule has 14 aromatic carbocycles. The van der Waals surface area contributed by atoms with Gasteiger partial charge in [0.2, 0.25) is 0 Å². The van der Waals surface area contributed by atoms with Crippen molar-refractivity contribution in [3.8, 4) is 153 Å². The number of hydrogen-bond donors (Lipinski definition) is 0. The largest absolute Gasteiger partial charge is 0.309 e. The summed E-state index contributed by atoms with van der Waals surface area (Å²) in [5, 5.41) is 1.59. The fraction of sp³-hybridized carbons (Fsp3) is 0.0103. The molecule has 0 saturated heterocycles. The summed E-state index contributed by atoms with van der Waals surface area (Å²) in [7, 11) is 0. The van der Waals surface area contributed by atoms with E-state index >= 15 is 4.39 Å². The Kier molecular flexibility index (Phi) is 10.2. The van der Waals surface area contributed by atoms with E-state index in [2.05, 4.69) is 98.4 Å². The summed E-state index contributed by atoms with van der Waals surface area (Å²) in [4.78, 5) is 52.9. The summed E-state index contributed by atoms with van der Waals surface area (Å²) in [6.07, 6.45) is 1.10. The van der Waals surface area contributed by atoms with Gasteiger partial charge in [0.15, 0.2) is 69.9 Å². The molecule has 0 N–H and O–H groups in total. The smallest absolute Gasteiger partial charge is 0.167 e. The highest BCUT2D eigenvalue weighted by Gasteiger charge is 2.24. The molecule has 5 aromatic heterocycles. The molecule has 0 amide bonds. The van der Waals surface area contributed by atoms with Gasteiger partial charge in [-0.2, -0.15) is 0 Å². The van der Waals surface area contributed by atoms with Crippen molar-refractivity contribution in [2.75, 3.05) is 0 Å². The van der Waals surface area contributed by atoms with Crippen LogP contribution < -0.4 is 0 Å². The minimum atomic E-state index is -1.10. The molecule has 0 radical (unpaired) electrons. The molecule has 13 nitrogen and oxygen atoms in total. The van der Waals surface area contributed by atoms with Crippen molar-refractivity contribution < 1.29 is 59.2 Å². The van der Waals surface area contributed by atoms with E-state index in [0.717, 1.165) is 35.4 Å². The molecule has 14 heteroatoms. The fourth-order valence-electron chi connectivity index (χ4n) is 11.9. The Labute approximate surface area is 695 Å². The number of halogens is 1. The SMILES string of the molecule is [2H]c1c([2H])c([2H])c(-c2nc(-c3ccc(-n4c5ccccc5c5ccccc54)c(-c4nc(-c5c([2H])c([2H])c([2H])c([2H])c5[2H])nc(-c5c([2H])c([2H])c([2H])c([2H])c5[2H])n4)c3)nc(-c3c([2H])c([2H])c([2H])c([2H])c3[2H])n2)c([2H])c1[2H].[2H]c1c([2H])c([2H])c(-c2nc(-c3ccc(F)c(-c4nc(-c5c([2H])c([2H])c([2H])c([2H])c5[2H])nc(-c5c([2H])c([2H])c([2H])c([2H])c5[2H])n4)c3)nc(-c3c([2H])c([2H])c([2H])c([2H])c3[2H])n2)c([2H])c1[2H].c1ccc2c(c1)Cc1ccccc1-2. The highest BCUT2D eigenvalue weighted by Crippen LogP contribution is 2.40. The van der Waals surface area contributed by atoms with Gasteiger partial charge in [0.25, 0.3) is 0 Å². The maximum Gasteiger partial charge on any atom is 0.167 e. The number of aromatic nitrogens is 13. The topological polar surface area (TPSA) is 160 Å². The predicted octanol–water partition coefficient (Wildman–Crippen LogP) is 22.6. The molecule has 0 unspecified atom stereocenters. The van der Waals surface area contributed by atoms with Gasteiger partial charge in [-0.25, -0.2) is 64.2 Å². The third-order valence-electron chi connectivity index (χ3n) is 16.8. The quantitative estimate of drug-likeness (QED) is 0.108. The van der Waals surface area contributed by atoms with Crippen LogP contribution in [0.25, 0.3) is 175 Å². The molecule has 524 valence electrons. The lowest BCUT2D eigenvalue weighted by Crippen LogP contribution is -2.05. The van der Waals surface area contributed by atoms with E-state index in [0.29, 0.717) is 11.0 Å². The van der Waals surface area contributed by atoms with E-state index in [9.17, 15) is 0 Å². The van der Waals surface area contributed by atoms with Gasteiger partial charge in [-0.1, -0.05) is 327 Å². The van der Waals surface area contributed by atoms with E-state index < -0.39 is 356 Å². The van der Waals surface area contributed by atoms with Crippen LogP contribution >= 0.6 is 0 Å². The van der Waals surface area contributed by atoms with Crippen LogP contribution in [0, 0.1) is 5.82 Å². The maximum absolute atomic E-state index is 16.2. The first-order valence-corrected chi connectivity index (χ1v) is 33.2. The molecular weight excluding hydrogens is 1370 g/mol. The van der Waals surface area contributed by atoms with Crippen LogP contribution in [0.4, 0.5) is 4.39 Å². The summed E-state index contributed by atoms with van der Waals surface area (Å²) >= 11 is 0. The van der Waals surface area contributed by atoms with Crippen LogP contribution in [0.1, 0.15) is 66.0 Å². The van der Waals surface area contributed by atoms with Crippen molar-refractivity contribution in [1.82, 2.24) is 64.4 Å². The molecule has 5 heterocycles. The van der Waals surface area contributed by atoms with Crippen molar-refractivity contribution in [1.29, 1.82) is 0 Å². The predicted molar refractivity (Wildman–Crippen MR) is 441 cm³/mol. The molecule has 1 aliphatic rings. The summed E-state index contributed by atoms with van der Waals surface area (Å²) in [5.41, 5.74) is 2.06. The van der Waals surface area contributed by atoms with Crippen LogP contribution in [-0.4, -0.2) is 64.4 Å². The van der Waals surface area contributed by atoms with Crippen LogP contribution in [0.2, 0.25) is 0 Å². The summed E-state index contributed by atoms with van der Waals surface area (Å²) in [6.45, 7) is 0. The maximum atomic E-state index is 16.2. The van der Waals surface area contributed by atoms with Gasteiger partial charge >= 0.3 is 0 Å². The van der Waals surface area contributed by atoms with E-state index in [1.54, 1.807) is 18.2 Å². The third-order valence-corrected chi connectivity index (χ3v) is 16.8. The Bertz CT molecular complexity index is 8500. The number of para-hydroxylation sites is 2. The summed E-state index contributed by atoms with van der Waals surface area (Å²) in [5.74, 6) is -7.88. The standard InChI is InChI=1S/C48H31N7.C36H23FN6.C13H10/c1-5-17-32(18-6-1)43-49-44(33-19-7-2-8-20-33)52-47(51-43)36-29-30-42(55-40-27-15-13-25-37(40)38-26-14-16-28-41(38)55)39(31-36)48-53-45(34-21-9-3-10-22-34)50-46(54-48)35-23-11-4-12-24-35;37-30-22-21-28(35-40-31(24-13-5-1-6-14-24)38-32(41-35)25-15-7-2-8-16-25)23-29(30)36-42-33(26-17-9-3-10-18-26)39-34(43-36)27-19-11-4-12-20-27;1-3-7-12-10(5-1)9-11-6-2-4-8-13(11)12/h1-31H;1-23H;1-8H,9H2/i1D,2D,3D,4D,5D,6D,7D,8D,9D,10D,11D,12D,17D,18D,19D,20D,21D,22D,23D,24D;1D,2D,3D,4D,5D,6D,7D,8D,9D,10D,11D,12D,13D,14D,15D,16D,17D,18D,19D,20D;. The van der Waals surface area contributed by atoms with Crippen molar-refractivity contribution in [2.24, 2.45) is 0 Å². The number of hydrogen-bond acceptors (Lipinski definition) is 12. The minimum absolute atomic E-state index is 0.00767. The first-order valence-electron chi connectivity index (χ1n) is 53.2. The lowest BCUT2D eigenvalue weighted by Gasteiger charge is -2.16. The second-order valence-electron chi connectivity index (χ2n) is 23.5. The second-order valence-corrected chi connectivity index (χ2v) is 23.5. The first kappa shape index (κ1) is 36.9. The zero-order chi connectivity index (χ0) is 109. The van der Waals surface area contributed by atoms with Crippen LogP contribution in [0.5, 0.6) is 0 Å². The van der Waals surface area contributed by atoms with Gasteiger partial charge in [-0.15, -0.1) is 0 Å².